The Morgan fingerprint density at radius 1 is 1.04 bits per heavy atom. The van der Waals surface area contributed by atoms with E-state index in [1.807, 2.05) is 47.0 Å². The van der Waals surface area contributed by atoms with Crippen LogP contribution in [0.1, 0.15) is 44.9 Å². The average Bonchev–Trinajstić information content (AvgIpc) is 3.16. The molecule has 0 N–H and O–H groups in total. The highest BCUT2D eigenvalue weighted by Crippen LogP contribution is 2.44. The van der Waals surface area contributed by atoms with Crippen LogP contribution in [-0.4, -0.2) is 58.5 Å². The Morgan fingerprint density at radius 2 is 1.75 bits per heavy atom. The number of hydrogen-bond donors (Lipinski definition) is 0. The summed E-state index contributed by atoms with van der Waals surface area (Å²) in [5.74, 6) is 2.33. The molecular formula is C22H30N2O3S. The smallest absolute Gasteiger partial charge is 0.261 e. The molecule has 5 nitrogen and oxygen atoms in total. The molecule has 1 aliphatic carbocycles. The quantitative estimate of drug-likeness (QED) is 0.773. The van der Waals surface area contributed by atoms with E-state index in [1.54, 1.807) is 0 Å². The number of ether oxygens (including phenoxy) is 1. The molecule has 0 atom stereocenters. The predicted octanol–water partition coefficient (Wildman–Crippen LogP) is 3.54. The lowest BCUT2D eigenvalue weighted by Gasteiger charge is -2.44. The Labute approximate surface area is 171 Å². The van der Waals surface area contributed by atoms with E-state index >= 15 is 0 Å². The summed E-state index contributed by atoms with van der Waals surface area (Å²) in [6.07, 6.45) is 7.49. The maximum Gasteiger partial charge on any atom is 0.261 e. The molecule has 1 spiro atoms. The van der Waals surface area contributed by atoms with Crippen LogP contribution >= 0.6 is 11.8 Å². The summed E-state index contributed by atoms with van der Waals surface area (Å²) in [7, 11) is 0. The number of carbonyl (C=O) groups is 2. The molecule has 0 radical (unpaired) electrons. The predicted molar refractivity (Wildman–Crippen MR) is 111 cm³/mol. The summed E-state index contributed by atoms with van der Waals surface area (Å²) >= 11 is 1.88. The van der Waals surface area contributed by atoms with Crippen LogP contribution in [0.3, 0.4) is 0 Å². The van der Waals surface area contributed by atoms with Crippen molar-refractivity contribution in [3.8, 4) is 5.75 Å². The highest BCUT2D eigenvalue weighted by molar-refractivity contribution is 8.00. The normalized spacial score (nSPS) is 22.4. The highest BCUT2D eigenvalue weighted by atomic mass is 32.2. The topological polar surface area (TPSA) is 49.9 Å². The first-order valence-electron chi connectivity index (χ1n) is 10.6. The van der Waals surface area contributed by atoms with Gasteiger partial charge in [-0.25, -0.2) is 0 Å². The second kappa shape index (κ2) is 8.76. The van der Waals surface area contributed by atoms with Gasteiger partial charge < -0.3 is 14.5 Å². The van der Waals surface area contributed by atoms with Gasteiger partial charge in [-0.3, -0.25) is 9.59 Å². The Hall–Kier alpha value is -1.69. The largest absolute Gasteiger partial charge is 0.484 e. The minimum Gasteiger partial charge on any atom is -0.484 e. The van der Waals surface area contributed by atoms with E-state index in [4.69, 9.17) is 4.74 Å². The number of amides is 2. The minimum absolute atomic E-state index is 0.0564. The SMILES string of the molecule is O=C(C1CCCCC1)N1CCC2(CC1)SCCN2C(=O)COc1ccccc1. The number of thioether (sulfide) groups is 1. The Morgan fingerprint density at radius 3 is 2.46 bits per heavy atom. The molecule has 1 saturated carbocycles. The van der Waals surface area contributed by atoms with Gasteiger partial charge in [0.1, 0.15) is 5.75 Å². The zero-order valence-electron chi connectivity index (χ0n) is 16.5. The standard InChI is InChI=1S/C22H30N2O3S/c25-20(17-27-19-9-5-2-6-10-19)24-15-16-28-22(24)11-13-23(14-12-22)21(26)18-7-3-1-4-8-18/h2,5-6,9-10,18H,1,3-4,7-8,11-17H2. The van der Waals surface area contributed by atoms with Crippen molar-refractivity contribution >= 4 is 23.6 Å². The van der Waals surface area contributed by atoms with Gasteiger partial charge in [-0.1, -0.05) is 37.5 Å². The molecule has 2 amide bonds. The van der Waals surface area contributed by atoms with E-state index in [2.05, 4.69) is 4.90 Å². The first kappa shape index (κ1) is 19.6. The van der Waals surface area contributed by atoms with Crippen molar-refractivity contribution in [1.29, 1.82) is 0 Å². The molecule has 6 heteroatoms. The molecule has 1 aromatic carbocycles. The van der Waals surface area contributed by atoms with Crippen molar-refractivity contribution in [3.05, 3.63) is 30.3 Å². The number of carbonyl (C=O) groups excluding carboxylic acids is 2. The number of para-hydroxylation sites is 1. The molecule has 0 bridgehead atoms. The fraction of sp³-hybridized carbons (Fsp3) is 0.636. The second-order valence-electron chi connectivity index (χ2n) is 8.10. The molecule has 28 heavy (non-hydrogen) atoms. The number of rotatable bonds is 4. The Kier molecular flexibility index (Phi) is 6.14. The van der Waals surface area contributed by atoms with Gasteiger partial charge in [0.15, 0.2) is 6.61 Å². The van der Waals surface area contributed by atoms with Crippen molar-refractivity contribution in [2.75, 3.05) is 32.0 Å². The number of piperidine rings is 1. The molecule has 0 unspecified atom stereocenters. The van der Waals surface area contributed by atoms with Crippen LogP contribution in [0.4, 0.5) is 0 Å². The van der Waals surface area contributed by atoms with E-state index in [0.717, 1.165) is 56.8 Å². The Balaban J connectivity index is 1.33. The van der Waals surface area contributed by atoms with Crippen LogP contribution in [0.5, 0.6) is 5.75 Å². The van der Waals surface area contributed by atoms with Crippen LogP contribution in [0, 0.1) is 5.92 Å². The van der Waals surface area contributed by atoms with Gasteiger partial charge in [-0.05, 0) is 37.8 Å². The van der Waals surface area contributed by atoms with Crippen molar-refractivity contribution in [2.24, 2.45) is 5.92 Å². The Bertz CT molecular complexity index is 682. The summed E-state index contributed by atoms with van der Waals surface area (Å²) in [5.41, 5.74) is 0. The summed E-state index contributed by atoms with van der Waals surface area (Å²) in [4.78, 5) is 29.6. The number of hydrogen-bond acceptors (Lipinski definition) is 4. The molecule has 2 aliphatic heterocycles. The van der Waals surface area contributed by atoms with Crippen LogP contribution in [-0.2, 0) is 9.59 Å². The third-order valence-electron chi connectivity index (χ3n) is 6.39. The fourth-order valence-corrected chi connectivity index (χ4v) is 6.27. The van der Waals surface area contributed by atoms with Gasteiger partial charge in [-0.2, -0.15) is 0 Å². The third kappa shape index (κ3) is 4.17. The maximum absolute atomic E-state index is 12.9. The first-order valence-corrected chi connectivity index (χ1v) is 11.6. The molecule has 3 aliphatic rings. The molecule has 152 valence electrons. The molecular weight excluding hydrogens is 372 g/mol. The van der Waals surface area contributed by atoms with Crippen molar-refractivity contribution in [3.63, 3.8) is 0 Å². The van der Waals surface area contributed by atoms with Crippen LogP contribution in [0.2, 0.25) is 0 Å². The summed E-state index contributed by atoms with van der Waals surface area (Å²) in [6.45, 7) is 2.40. The van der Waals surface area contributed by atoms with Gasteiger partial charge in [0, 0.05) is 31.3 Å². The lowest BCUT2D eigenvalue weighted by atomic mass is 9.87. The van der Waals surface area contributed by atoms with Crippen LogP contribution in [0.25, 0.3) is 0 Å². The van der Waals surface area contributed by atoms with Crippen molar-refractivity contribution in [2.45, 2.75) is 49.8 Å². The summed E-state index contributed by atoms with van der Waals surface area (Å²) < 4.78 is 5.69. The molecule has 2 heterocycles. The number of benzene rings is 1. The fourth-order valence-electron chi connectivity index (χ4n) is 4.80. The first-order chi connectivity index (χ1) is 13.7. The van der Waals surface area contributed by atoms with E-state index in [1.165, 1.54) is 19.3 Å². The molecule has 0 aromatic heterocycles. The second-order valence-corrected chi connectivity index (χ2v) is 9.56. The third-order valence-corrected chi connectivity index (χ3v) is 7.95. The average molecular weight is 403 g/mol. The lowest BCUT2D eigenvalue weighted by molar-refractivity contribution is -0.141. The number of likely N-dealkylation sites (tertiary alicyclic amines) is 1. The van der Waals surface area contributed by atoms with Gasteiger partial charge in [0.2, 0.25) is 5.91 Å². The number of nitrogens with zero attached hydrogens (tertiary/aromatic N) is 2. The van der Waals surface area contributed by atoms with Gasteiger partial charge in [0.05, 0.1) is 4.87 Å². The molecule has 1 aromatic rings. The summed E-state index contributed by atoms with van der Waals surface area (Å²) in [6, 6.07) is 9.50. The zero-order valence-corrected chi connectivity index (χ0v) is 17.3. The van der Waals surface area contributed by atoms with Crippen molar-refractivity contribution in [1.82, 2.24) is 9.80 Å². The monoisotopic (exact) mass is 402 g/mol. The maximum atomic E-state index is 12.9. The summed E-state index contributed by atoms with van der Waals surface area (Å²) in [5, 5.41) is 0. The van der Waals surface area contributed by atoms with Gasteiger partial charge in [0.25, 0.3) is 5.91 Å². The van der Waals surface area contributed by atoms with E-state index < -0.39 is 0 Å². The van der Waals surface area contributed by atoms with Gasteiger partial charge in [-0.15, -0.1) is 11.8 Å². The minimum atomic E-state index is -0.152. The molecule has 3 fully saturated rings. The molecule has 4 rings (SSSR count). The zero-order chi connectivity index (χ0) is 19.4. The van der Waals surface area contributed by atoms with E-state index in [-0.39, 0.29) is 23.3 Å². The van der Waals surface area contributed by atoms with Crippen LogP contribution < -0.4 is 4.74 Å². The van der Waals surface area contributed by atoms with Crippen LogP contribution in [0.15, 0.2) is 30.3 Å². The highest BCUT2D eigenvalue weighted by Gasteiger charge is 2.47. The van der Waals surface area contributed by atoms with Crippen molar-refractivity contribution < 1.29 is 14.3 Å². The van der Waals surface area contributed by atoms with E-state index in [0.29, 0.717) is 5.91 Å². The van der Waals surface area contributed by atoms with Gasteiger partial charge >= 0.3 is 0 Å². The molecule has 2 saturated heterocycles. The van der Waals surface area contributed by atoms with E-state index in [9.17, 15) is 9.59 Å². The lowest BCUT2D eigenvalue weighted by Crippen LogP contribution is -2.55.